The second kappa shape index (κ2) is 9.82. The molecule has 0 unspecified atom stereocenters. The number of carboxylic acids is 1. The summed E-state index contributed by atoms with van der Waals surface area (Å²) >= 11 is 0. The fourth-order valence-corrected chi connectivity index (χ4v) is 3.44. The minimum absolute atomic E-state index is 0.0185. The smallest absolute Gasteiger partial charge is 0.326 e. The van der Waals surface area contributed by atoms with Gasteiger partial charge in [0.1, 0.15) is 11.6 Å². The molecule has 6 nitrogen and oxygen atoms in total. The van der Waals surface area contributed by atoms with Gasteiger partial charge in [0.2, 0.25) is 5.91 Å². The Morgan fingerprint density at radius 3 is 2.50 bits per heavy atom. The van der Waals surface area contributed by atoms with E-state index in [9.17, 15) is 24.6 Å². The molecule has 0 aliphatic heterocycles. The highest BCUT2D eigenvalue weighted by Crippen LogP contribution is 2.44. The summed E-state index contributed by atoms with van der Waals surface area (Å²) in [4.78, 5) is 35.3. The molecule has 0 spiro atoms. The van der Waals surface area contributed by atoms with Gasteiger partial charge in [0.15, 0.2) is 5.78 Å². The minimum Gasteiger partial charge on any atom is -0.480 e. The van der Waals surface area contributed by atoms with Crippen LogP contribution in [0.2, 0.25) is 0 Å². The van der Waals surface area contributed by atoms with E-state index in [0.717, 1.165) is 19.3 Å². The van der Waals surface area contributed by atoms with E-state index in [-0.39, 0.29) is 12.2 Å². The van der Waals surface area contributed by atoms with E-state index in [1.807, 2.05) is 20.8 Å². The molecule has 0 fully saturated rings. The van der Waals surface area contributed by atoms with Crippen LogP contribution in [0.15, 0.2) is 35.5 Å². The van der Waals surface area contributed by atoms with Crippen LogP contribution in [0, 0.1) is 5.41 Å². The second-order valence-corrected chi connectivity index (χ2v) is 8.24. The van der Waals surface area contributed by atoms with Crippen LogP contribution in [0.4, 0.5) is 0 Å². The van der Waals surface area contributed by atoms with Gasteiger partial charge in [0.05, 0.1) is 0 Å². The summed E-state index contributed by atoms with van der Waals surface area (Å²) in [6.45, 7) is 9.09. The number of aliphatic carboxylic acids is 1. The van der Waals surface area contributed by atoms with Gasteiger partial charge in [0.25, 0.3) is 0 Å². The Balaban J connectivity index is 2.87. The zero-order valence-electron chi connectivity index (χ0n) is 17.5. The van der Waals surface area contributed by atoms with Crippen molar-refractivity contribution in [3.63, 3.8) is 0 Å². The lowest BCUT2D eigenvalue weighted by Gasteiger charge is -2.44. The summed E-state index contributed by atoms with van der Waals surface area (Å²) in [5.41, 5.74) is -0.834. The number of aliphatic hydroxyl groups is 1. The van der Waals surface area contributed by atoms with Crippen LogP contribution < -0.4 is 5.32 Å². The van der Waals surface area contributed by atoms with Crippen molar-refractivity contribution in [2.45, 2.75) is 78.4 Å². The third kappa shape index (κ3) is 6.16. The zero-order valence-corrected chi connectivity index (χ0v) is 17.5. The van der Waals surface area contributed by atoms with Crippen molar-refractivity contribution >= 4 is 17.7 Å². The third-order valence-electron chi connectivity index (χ3n) is 5.28. The summed E-state index contributed by atoms with van der Waals surface area (Å²) in [5, 5.41) is 22.9. The monoisotopic (exact) mass is 391 g/mol. The van der Waals surface area contributed by atoms with E-state index >= 15 is 0 Å². The van der Waals surface area contributed by atoms with Crippen molar-refractivity contribution in [2.75, 3.05) is 0 Å². The maximum absolute atomic E-state index is 12.2. The van der Waals surface area contributed by atoms with Crippen LogP contribution in [0.5, 0.6) is 0 Å². The molecule has 2 atom stereocenters. The highest BCUT2D eigenvalue weighted by molar-refractivity contribution is 5.93. The van der Waals surface area contributed by atoms with Gasteiger partial charge in [0, 0.05) is 17.9 Å². The van der Waals surface area contributed by atoms with Crippen molar-refractivity contribution in [1.82, 2.24) is 5.32 Å². The summed E-state index contributed by atoms with van der Waals surface area (Å²) in [6.07, 6.45) is 9.25. The highest BCUT2D eigenvalue weighted by atomic mass is 16.4. The number of carbonyl (C=O) groups excluding carboxylic acids is 2. The number of unbranched alkanes of at least 4 members (excludes halogenated alkanes) is 2. The predicted molar refractivity (Wildman–Crippen MR) is 109 cm³/mol. The van der Waals surface area contributed by atoms with Gasteiger partial charge in [-0.1, -0.05) is 46.1 Å². The predicted octanol–water partition coefficient (Wildman–Crippen LogP) is 3.32. The third-order valence-corrected chi connectivity index (χ3v) is 5.28. The quantitative estimate of drug-likeness (QED) is 0.318. The molecule has 0 saturated carbocycles. The molecule has 0 heterocycles. The molecule has 1 amide bonds. The number of hydrogen-bond acceptors (Lipinski definition) is 4. The average Bonchev–Trinajstić information content (AvgIpc) is 2.56. The maximum Gasteiger partial charge on any atom is 0.326 e. The van der Waals surface area contributed by atoms with Crippen molar-refractivity contribution in [3.8, 4) is 0 Å². The first-order valence-corrected chi connectivity index (χ1v) is 9.77. The molecule has 0 radical (unpaired) electrons. The fraction of sp³-hybridized carbons (Fsp3) is 0.591. The zero-order chi connectivity index (χ0) is 21.5. The Labute approximate surface area is 167 Å². The van der Waals surface area contributed by atoms with E-state index < -0.39 is 28.9 Å². The molecule has 0 aromatic carbocycles. The number of rotatable bonds is 9. The Kier molecular flexibility index (Phi) is 8.36. The van der Waals surface area contributed by atoms with E-state index in [4.69, 9.17) is 0 Å². The standard InChI is InChI=1S/C22H33NO5/c1-6-7-8-9-18(20(26)27)23-19(25)12-15(2)10-11-22(28)16(3)13-17(24)14-21(22,4)5/h10-13,18,28H,6-9,14H2,1-5H3,(H,23,25)(H,26,27)/b11-10+,15-12-/t18-,22+/m0/s1. The Bertz CT molecular complexity index is 702. The Hall–Kier alpha value is -2.21. The lowest BCUT2D eigenvalue weighted by molar-refractivity contribution is -0.141. The van der Waals surface area contributed by atoms with Crippen molar-refractivity contribution in [1.29, 1.82) is 0 Å². The van der Waals surface area contributed by atoms with Crippen LogP contribution in [-0.4, -0.2) is 39.5 Å². The van der Waals surface area contributed by atoms with Crippen LogP contribution >= 0.6 is 0 Å². The van der Waals surface area contributed by atoms with Crippen molar-refractivity contribution in [2.24, 2.45) is 5.41 Å². The summed E-state index contributed by atoms with van der Waals surface area (Å²) < 4.78 is 0. The molecule has 28 heavy (non-hydrogen) atoms. The number of nitrogens with one attached hydrogen (secondary N) is 1. The van der Waals surface area contributed by atoms with Crippen LogP contribution in [0.1, 0.15) is 66.7 Å². The van der Waals surface area contributed by atoms with Gasteiger partial charge < -0.3 is 15.5 Å². The first kappa shape index (κ1) is 23.8. The molecule has 1 aliphatic rings. The normalized spacial score (nSPS) is 23.4. The van der Waals surface area contributed by atoms with Gasteiger partial charge in [-0.15, -0.1) is 0 Å². The van der Waals surface area contributed by atoms with Crippen LogP contribution in [0.3, 0.4) is 0 Å². The number of amides is 1. The Morgan fingerprint density at radius 1 is 1.32 bits per heavy atom. The largest absolute Gasteiger partial charge is 0.480 e. The number of allylic oxidation sites excluding steroid dienone is 3. The van der Waals surface area contributed by atoms with Crippen LogP contribution in [0.25, 0.3) is 0 Å². The molecule has 0 saturated heterocycles. The summed E-state index contributed by atoms with van der Waals surface area (Å²) in [6, 6.07) is -0.912. The van der Waals surface area contributed by atoms with E-state index in [1.54, 1.807) is 26.0 Å². The van der Waals surface area contributed by atoms with Crippen molar-refractivity contribution in [3.05, 3.63) is 35.5 Å². The highest BCUT2D eigenvalue weighted by Gasteiger charge is 2.46. The molecule has 0 aromatic heterocycles. The number of carboxylic acid groups (broad SMARTS) is 1. The average molecular weight is 392 g/mol. The lowest BCUT2D eigenvalue weighted by atomic mass is 9.64. The van der Waals surface area contributed by atoms with Gasteiger partial charge >= 0.3 is 5.97 Å². The maximum atomic E-state index is 12.2. The lowest BCUT2D eigenvalue weighted by Crippen LogP contribution is -2.48. The molecular weight excluding hydrogens is 358 g/mol. The molecule has 1 rings (SSSR count). The van der Waals surface area contributed by atoms with E-state index in [0.29, 0.717) is 17.6 Å². The first-order valence-electron chi connectivity index (χ1n) is 9.77. The van der Waals surface area contributed by atoms with Gasteiger partial charge in [-0.2, -0.15) is 0 Å². The van der Waals surface area contributed by atoms with E-state index in [1.165, 1.54) is 12.2 Å². The first-order chi connectivity index (χ1) is 12.9. The second-order valence-electron chi connectivity index (χ2n) is 8.24. The number of hydrogen-bond donors (Lipinski definition) is 3. The Morgan fingerprint density at radius 2 is 1.96 bits per heavy atom. The molecule has 6 heteroatoms. The number of ketones is 1. The van der Waals surface area contributed by atoms with E-state index in [2.05, 4.69) is 5.32 Å². The molecule has 3 N–H and O–H groups in total. The van der Waals surface area contributed by atoms with Gasteiger partial charge in [-0.05, 0) is 43.6 Å². The molecule has 156 valence electrons. The van der Waals surface area contributed by atoms with Crippen LogP contribution in [-0.2, 0) is 14.4 Å². The molecule has 0 bridgehead atoms. The minimum atomic E-state index is -1.30. The topological polar surface area (TPSA) is 104 Å². The van der Waals surface area contributed by atoms with Gasteiger partial charge in [-0.25, -0.2) is 4.79 Å². The van der Waals surface area contributed by atoms with Crippen molar-refractivity contribution < 1.29 is 24.6 Å². The summed E-state index contributed by atoms with van der Waals surface area (Å²) in [5.74, 6) is -1.55. The molecular formula is C22H33NO5. The number of carbonyl (C=O) groups is 3. The molecule has 1 aliphatic carbocycles. The fourth-order valence-electron chi connectivity index (χ4n) is 3.44. The SMILES string of the molecule is CCCCC[C@H](NC(=O)/C=C(C)\C=C\[C@@]1(O)C(C)=CC(=O)CC1(C)C)C(=O)O. The summed E-state index contributed by atoms with van der Waals surface area (Å²) in [7, 11) is 0. The van der Waals surface area contributed by atoms with Gasteiger partial charge in [-0.3, -0.25) is 9.59 Å². The molecule has 0 aromatic rings.